The van der Waals surface area contributed by atoms with E-state index >= 15 is 0 Å². The first-order chi connectivity index (χ1) is 10.6. The second-order valence-corrected chi connectivity index (χ2v) is 7.13. The average Bonchev–Trinajstić information content (AvgIpc) is 2.97. The van der Waals surface area contributed by atoms with Gasteiger partial charge in [0.05, 0.1) is 6.61 Å². The number of thiocarbonyl (C=S) groups is 1. The summed E-state index contributed by atoms with van der Waals surface area (Å²) in [7, 11) is 0. The largest absolute Gasteiger partial charge is 0.352 e. The van der Waals surface area contributed by atoms with E-state index in [0.717, 1.165) is 26.7 Å². The van der Waals surface area contributed by atoms with Gasteiger partial charge in [-0.25, -0.2) is 0 Å². The minimum absolute atomic E-state index is 0.139. The minimum Gasteiger partial charge on any atom is -0.352 e. The fourth-order valence-corrected chi connectivity index (χ4v) is 3.31. The van der Waals surface area contributed by atoms with Gasteiger partial charge in [-0.1, -0.05) is 50.1 Å². The maximum atomic E-state index is 5.85. The van der Waals surface area contributed by atoms with Crippen LogP contribution in [0.15, 0.2) is 57.5 Å². The van der Waals surface area contributed by atoms with Crippen molar-refractivity contribution in [3.8, 4) is 0 Å². The fourth-order valence-electron chi connectivity index (χ4n) is 2.34. The third kappa shape index (κ3) is 3.68. The molecule has 3 nitrogen and oxygen atoms in total. The van der Waals surface area contributed by atoms with Crippen molar-refractivity contribution in [3.05, 3.63) is 63.0 Å². The molecule has 1 heterocycles. The molecule has 0 saturated carbocycles. The van der Waals surface area contributed by atoms with Crippen LogP contribution in [0.25, 0.3) is 0 Å². The first-order valence-corrected chi connectivity index (χ1v) is 8.83. The average molecular weight is 442 g/mol. The smallest absolute Gasteiger partial charge is 0.175 e. The number of benzene rings is 2. The molecule has 3 rings (SSSR count). The van der Waals surface area contributed by atoms with Crippen molar-refractivity contribution in [1.29, 1.82) is 0 Å². The van der Waals surface area contributed by atoms with Gasteiger partial charge >= 0.3 is 0 Å². The van der Waals surface area contributed by atoms with E-state index in [0.29, 0.717) is 11.7 Å². The topological polar surface area (TPSA) is 24.5 Å². The monoisotopic (exact) mass is 440 g/mol. The Kier molecular flexibility index (Phi) is 5.13. The van der Waals surface area contributed by atoms with Gasteiger partial charge in [-0.3, -0.25) is 0 Å². The van der Waals surface area contributed by atoms with Crippen LogP contribution in [0.1, 0.15) is 11.8 Å². The highest BCUT2D eigenvalue weighted by Gasteiger charge is 2.28. The fraction of sp³-hybridized carbons (Fsp3) is 0.188. The molecule has 1 atom stereocenters. The molecule has 114 valence electrons. The zero-order valence-electron chi connectivity index (χ0n) is 11.6. The molecule has 2 aromatic carbocycles. The summed E-state index contributed by atoms with van der Waals surface area (Å²) in [5, 5.41) is 3.94. The predicted octanol–water partition coefficient (Wildman–Crippen LogP) is 4.94. The molecular formula is C16H14Br2N2OS. The third-order valence-electron chi connectivity index (χ3n) is 3.38. The summed E-state index contributed by atoms with van der Waals surface area (Å²) in [6.45, 7) is 1.45. The van der Waals surface area contributed by atoms with Crippen LogP contribution in [-0.2, 0) is 4.74 Å². The van der Waals surface area contributed by atoms with Crippen molar-refractivity contribution in [2.24, 2.45) is 0 Å². The highest BCUT2D eigenvalue weighted by molar-refractivity contribution is 9.10. The Morgan fingerprint density at radius 1 is 1.14 bits per heavy atom. The molecule has 0 aromatic heterocycles. The number of hydrogen-bond donors (Lipinski definition) is 1. The highest BCUT2D eigenvalue weighted by Crippen LogP contribution is 2.29. The summed E-state index contributed by atoms with van der Waals surface area (Å²) in [5.41, 5.74) is 2.06. The molecule has 0 amide bonds. The van der Waals surface area contributed by atoms with Crippen molar-refractivity contribution in [3.63, 3.8) is 0 Å². The molecule has 2 aromatic rings. The molecular weight excluding hydrogens is 428 g/mol. The van der Waals surface area contributed by atoms with Crippen molar-refractivity contribution in [2.45, 2.75) is 6.23 Å². The number of hydrogen-bond acceptors (Lipinski definition) is 2. The molecule has 1 aliphatic heterocycles. The number of nitrogens with zero attached hydrogens (tertiary/aromatic N) is 1. The van der Waals surface area contributed by atoms with E-state index in [2.05, 4.69) is 54.2 Å². The molecule has 6 heteroatoms. The minimum atomic E-state index is -0.139. The Hall–Kier alpha value is -0.950. The maximum absolute atomic E-state index is 5.85. The van der Waals surface area contributed by atoms with Gasteiger partial charge in [0.2, 0.25) is 0 Å². The van der Waals surface area contributed by atoms with Crippen molar-refractivity contribution in [1.82, 2.24) is 4.90 Å². The normalized spacial score (nSPS) is 17.5. The zero-order valence-corrected chi connectivity index (χ0v) is 15.6. The van der Waals surface area contributed by atoms with Gasteiger partial charge in [-0.2, -0.15) is 0 Å². The molecule has 1 fully saturated rings. The Morgan fingerprint density at radius 3 is 2.64 bits per heavy atom. The van der Waals surface area contributed by atoms with Crippen molar-refractivity contribution < 1.29 is 4.74 Å². The Morgan fingerprint density at radius 2 is 1.91 bits per heavy atom. The van der Waals surface area contributed by atoms with Gasteiger partial charge in [-0.05, 0) is 42.5 Å². The van der Waals surface area contributed by atoms with E-state index in [9.17, 15) is 0 Å². The molecule has 1 aliphatic rings. The van der Waals surface area contributed by atoms with E-state index in [-0.39, 0.29) is 6.23 Å². The van der Waals surface area contributed by atoms with Crippen molar-refractivity contribution in [2.75, 3.05) is 18.5 Å². The molecule has 22 heavy (non-hydrogen) atoms. The highest BCUT2D eigenvalue weighted by atomic mass is 79.9. The predicted molar refractivity (Wildman–Crippen MR) is 99.9 cm³/mol. The quantitative estimate of drug-likeness (QED) is 0.667. The second-order valence-electron chi connectivity index (χ2n) is 4.91. The van der Waals surface area contributed by atoms with Gasteiger partial charge < -0.3 is 15.0 Å². The lowest BCUT2D eigenvalue weighted by atomic mass is 10.2. The second kappa shape index (κ2) is 7.08. The zero-order chi connectivity index (χ0) is 15.5. The first-order valence-electron chi connectivity index (χ1n) is 6.84. The summed E-state index contributed by atoms with van der Waals surface area (Å²) in [4.78, 5) is 2.07. The van der Waals surface area contributed by atoms with Crippen LogP contribution < -0.4 is 5.32 Å². The Labute approximate surface area is 151 Å². The van der Waals surface area contributed by atoms with E-state index in [1.54, 1.807) is 0 Å². The van der Waals surface area contributed by atoms with Gasteiger partial charge in [0, 0.05) is 26.7 Å². The van der Waals surface area contributed by atoms with Crippen LogP contribution in [0, 0.1) is 0 Å². The number of nitrogens with one attached hydrogen (secondary N) is 1. The molecule has 0 radical (unpaired) electrons. The third-order valence-corrected chi connectivity index (χ3v) is 4.74. The molecule has 1 unspecified atom stereocenters. The number of anilines is 1. The summed E-state index contributed by atoms with van der Waals surface area (Å²) in [6.07, 6.45) is -0.139. The number of rotatable bonds is 2. The summed E-state index contributed by atoms with van der Waals surface area (Å²) < 4.78 is 7.92. The van der Waals surface area contributed by atoms with Crippen LogP contribution in [0.4, 0.5) is 5.69 Å². The Bertz CT molecular complexity index is 678. The maximum Gasteiger partial charge on any atom is 0.175 e. The van der Waals surface area contributed by atoms with Gasteiger partial charge in [0.25, 0.3) is 0 Å². The van der Waals surface area contributed by atoms with Gasteiger partial charge in [0.1, 0.15) is 0 Å². The lowest BCUT2D eigenvalue weighted by Gasteiger charge is -2.26. The molecule has 0 bridgehead atoms. The van der Waals surface area contributed by atoms with Crippen molar-refractivity contribution >= 4 is 54.9 Å². The summed E-state index contributed by atoms with van der Waals surface area (Å²) in [6, 6.07) is 16.1. The molecule has 0 spiro atoms. The van der Waals surface area contributed by atoms with Crippen LogP contribution >= 0.6 is 44.1 Å². The lowest BCUT2D eigenvalue weighted by molar-refractivity contribution is 0.0642. The standard InChI is InChI=1S/C16H14Br2N2OS/c17-12-6-4-11(5-7-12)15-20(8-9-21-15)16(22)19-14-3-1-2-13(18)10-14/h1-7,10,15H,8-9H2,(H,19,22). The van der Waals surface area contributed by atoms with Gasteiger partial charge in [-0.15, -0.1) is 0 Å². The van der Waals surface area contributed by atoms with E-state index < -0.39 is 0 Å². The lowest BCUT2D eigenvalue weighted by Crippen LogP contribution is -2.34. The molecule has 1 N–H and O–H groups in total. The van der Waals surface area contributed by atoms with Crippen LogP contribution in [-0.4, -0.2) is 23.2 Å². The molecule has 0 aliphatic carbocycles. The van der Waals surface area contributed by atoms with E-state index in [1.165, 1.54) is 0 Å². The molecule has 1 saturated heterocycles. The van der Waals surface area contributed by atoms with Crippen LogP contribution in [0.2, 0.25) is 0 Å². The number of halogens is 2. The Balaban J connectivity index is 1.75. The summed E-state index contributed by atoms with van der Waals surface area (Å²) >= 11 is 12.5. The van der Waals surface area contributed by atoms with E-state index in [4.69, 9.17) is 17.0 Å². The summed E-state index contributed by atoms with van der Waals surface area (Å²) in [5.74, 6) is 0. The SMILES string of the molecule is S=C(Nc1cccc(Br)c1)N1CCOC1c1ccc(Br)cc1. The number of ether oxygens (including phenoxy) is 1. The first kappa shape index (κ1) is 15.9. The van der Waals surface area contributed by atoms with Gasteiger partial charge in [0.15, 0.2) is 11.3 Å². The van der Waals surface area contributed by atoms with Crippen LogP contribution in [0.3, 0.4) is 0 Å². The van der Waals surface area contributed by atoms with E-state index in [1.807, 2.05) is 36.4 Å². The van der Waals surface area contributed by atoms with Crippen LogP contribution in [0.5, 0.6) is 0 Å².